The molecule has 1 saturated heterocycles. The maximum atomic E-state index is 14.5. The molecule has 0 spiro atoms. The Labute approximate surface area is 155 Å². The van der Waals surface area contributed by atoms with Crippen molar-refractivity contribution in [2.45, 2.75) is 19.1 Å². The number of hydrogen-bond donors (Lipinski definition) is 2. The number of nitrogens with one attached hydrogen (secondary N) is 2. The molecule has 10 heteroatoms. The third kappa shape index (κ3) is 3.70. The van der Waals surface area contributed by atoms with Gasteiger partial charge in [-0.1, -0.05) is 6.07 Å². The van der Waals surface area contributed by atoms with Crippen LogP contribution in [0.3, 0.4) is 0 Å². The molecule has 0 radical (unpaired) electrons. The molecule has 0 unspecified atom stereocenters. The van der Waals surface area contributed by atoms with Crippen LogP contribution in [-0.2, 0) is 22.2 Å². The number of halogens is 2. The molecule has 1 atom stereocenters. The Kier molecular flexibility index (Phi) is 4.77. The predicted molar refractivity (Wildman–Crippen MR) is 94.7 cm³/mol. The number of hydrogen-bond acceptors (Lipinski definition) is 5. The van der Waals surface area contributed by atoms with Crippen LogP contribution in [0.25, 0.3) is 0 Å². The standard InChI is InChI=1S/C17H18F2N4O3S/c1-17(10-27(24,25)23(2)16(20)22-17)12-8-11(5-6-13(12)18)9-26-15-14(19)4-3-7-21-15/h3-8H,9-10H2,1-2H3,(H2,20,22)/t17-/m0/s1. The van der Waals surface area contributed by atoms with Crippen LogP contribution in [0.4, 0.5) is 8.78 Å². The Morgan fingerprint density at radius 2 is 2.07 bits per heavy atom. The summed E-state index contributed by atoms with van der Waals surface area (Å²) in [6.45, 7) is 1.43. The summed E-state index contributed by atoms with van der Waals surface area (Å²) in [4.78, 5) is 3.78. The number of pyridine rings is 1. The highest BCUT2D eigenvalue weighted by Gasteiger charge is 2.43. The van der Waals surface area contributed by atoms with Gasteiger partial charge < -0.3 is 10.1 Å². The van der Waals surface area contributed by atoms with Gasteiger partial charge in [0.15, 0.2) is 5.82 Å². The van der Waals surface area contributed by atoms with Gasteiger partial charge in [-0.05, 0) is 36.8 Å². The van der Waals surface area contributed by atoms with Gasteiger partial charge in [0, 0.05) is 18.8 Å². The average molecular weight is 396 g/mol. The second-order valence-electron chi connectivity index (χ2n) is 6.42. The Balaban J connectivity index is 1.89. The zero-order chi connectivity index (χ0) is 19.8. The third-order valence-corrected chi connectivity index (χ3v) is 6.28. The Morgan fingerprint density at radius 3 is 2.74 bits per heavy atom. The molecule has 0 amide bonds. The van der Waals surface area contributed by atoms with Crippen molar-refractivity contribution in [2.75, 3.05) is 12.8 Å². The minimum atomic E-state index is -3.77. The fraction of sp³-hybridized carbons (Fsp3) is 0.294. The van der Waals surface area contributed by atoms with Gasteiger partial charge in [0.1, 0.15) is 12.4 Å². The molecule has 2 aromatic rings. The molecule has 1 fully saturated rings. The van der Waals surface area contributed by atoms with Crippen molar-refractivity contribution in [1.82, 2.24) is 14.6 Å². The molecule has 2 heterocycles. The summed E-state index contributed by atoms with van der Waals surface area (Å²) in [7, 11) is -2.51. The normalized spacial score (nSPS) is 21.6. The lowest BCUT2D eigenvalue weighted by Gasteiger charge is -2.40. The smallest absolute Gasteiger partial charge is 0.250 e. The average Bonchev–Trinajstić information content (AvgIpc) is 2.59. The van der Waals surface area contributed by atoms with Crippen LogP contribution in [0.1, 0.15) is 18.1 Å². The Bertz CT molecular complexity index is 999. The highest BCUT2D eigenvalue weighted by atomic mass is 32.2. The van der Waals surface area contributed by atoms with Gasteiger partial charge in [-0.15, -0.1) is 0 Å². The van der Waals surface area contributed by atoms with E-state index in [4.69, 9.17) is 10.1 Å². The first-order valence-corrected chi connectivity index (χ1v) is 9.59. The summed E-state index contributed by atoms with van der Waals surface area (Å²) in [5, 5.41) is 10.6. The van der Waals surface area contributed by atoms with Crippen molar-refractivity contribution in [3.05, 3.63) is 59.3 Å². The van der Waals surface area contributed by atoms with E-state index in [0.29, 0.717) is 5.56 Å². The number of ether oxygens (including phenoxy) is 1. The molecule has 144 valence electrons. The summed E-state index contributed by atoms with van der Waals surface area (Å²) in [5.74, 6) is -2.19. The second-order valence-corrected chi connectivity index (χ2v) is 8.42. The number of guanidine groups is 1. The quantitative estimate of drug-likeness (QED) is 0.824. The predicted octanol–water partition coefficient (Wildman–Crippen LogP) is 1.95. The van der Waals surface area contributed by atoms with E-state index < -0.39 is 32.9 Å². The van der Waals surface area contributed by atoms with Gasteiger partial charge in [0.25, 0.3) is 5.88 Å². The van der Waals surface area contributed by atoms with Crippen LogP contribution in [0.5, 0.6) is 5.88 Å². The van der Waals surface area contributed by atoms with Crippen molar-refractivity contribution in [3.63, 3.8) is 0 Å². The molecule has 0 bridgehead atoms. The van der Waals surface area contributed by atoms with E-state index >= 15 is 0 Å². The minimum absolute atomic E-state index is 0.0755. The lowest BCUT2D eigenvalue weighted by atomic mass is 9.92. The molecule has 1 aromatic carbocycles. The maximum Gasteiger partial charge on any atom is 0.250 e. The highest BCUT2D eigenvalue weighted by molar-refractivity contribution is 7.89. The van der Waals surface area contributed by atoms with E-state index in [1.165, 1.54) is 50.5 Å². The summed E-state index contributed by atoms with van der Waals surface area (Å²) < 4.78 is 58.7. The van der Waals surface area contributed by atoms with Crippen LogP contribution in [0.15, 0.2) is 36.5 Å². The summed E-state index contributed by atoms with van der Waals surface area (Å²) >= 11 is 0. The van der Waals surface area contributed by atoms with Gasteiger partial charge in [0.05, 0.1) is 11.3 Å². The fourth-order valence-electron chi connectivity index (χ4n) is 2.84. The largest absolute Gasteiger partial charge is 0.471 e. The number of benzene rings is 1. The number of rotatable bonds is 4. The highest BCUT2D eigenvalue weighted by Crippen LogP contribution is 2.30. The SMILES string of the molecule is CN1C(=N)N[C@](C)(c2cc(COc3ncccc3F)ccc2F)CS1(=O)=O. The van der Waals surface area contributed by atoms with Crippen molar-refractivity contribution in [1.29, 1.82) is 5.41 Å². The van der Waals surface area contributed by atoms with Crippen LogP contribution >= 0.6 is 0 Å². The van der Waals surface area contributed by atoms with Crippen molar-refractivity contribution in [3.8, 4) is 5.88 Å². The van der Waals surface area contributed by atoms with Gasteiger partial charge >= 0.3 is 0 Å². The van der Waals surface area contributed by atoms with Crippen LogP contribution < -0.4 is 10.1 Å². The van der Waals surface area contributed by atoms with Crippen molar-refractivity contribution < 1.29 is 21.9 Å². The summed E-state index contributed by atoms with van der Waals surface area (Å²) in [6, 6.07) is 6.72. The third-order valence-electron chi connectivity index (χ3n) is 4.32. The lowest BCUT2D eigenvalue weighted by molar-refractivity contribution is 0.276. The molecule has 2 N–H and O–H groups in total. The lowest BCUT2D eigenvalue weighted by Crippen LogP contribution is -2.61. The maximum absolute atomic E-state index is 14.5. The molecule has 1 aromatic heterocycles. The Morgan fingerprint density at radius 1 is 1.33 bits per heavy atom. The molecule has 0 saturated carbocycles. The van der Waals surface area contributed by atoms with Gasteiger partial charge in [-0.25, -0.2) is 26.5 Å². The monoisotopic (exact) mass is 396 g/mol. The number of sulfonamides is 1. The van der Waals surface area contributed by atoms with E-state index in [2.05, 4.69) is 10.3 Å². The molecular formula is C17H18F2N4O3S. The van der Waals surface area contributed by atoms with Crippen molar-refractivity contribution >= 4 is 16.0 Å². The van der Waals surface area contributed by atoms with E-state index in [-0.39, 0.29) is 24.0 Å². The number of aromatic nitrogens is 1. The Hall–Kier alpha value is -2.75. The summed E-state index contributed by atoms with van der Waals surface area (Å²) in [5.41, 5.74) is -0.757. The van der Waals surface area contributed by atoms with Gasteiger partial charge in [-0.3, -0.25) is 5.41 Å². The van der Waals surface area contributed by atoms with Crippen LogP contribution in [0, 0.1) is 17.0 Å². The van der Waals surface area contributed by atoms with E-state index in [9.17, 15) is 17.2 Å². The van der Waals surface area contributed by atoms with E-state index in [1.807, 2.05) is 0 Å². The van der Waals surface area contributed by atoms with Crippen LogP contribution in [-0.4, -0.2) is 36.5 Å². The summed E-state index contributed by atoms with van der Waals surface area (Å²) in [6.07, 6.45) is 1.38. The molecule has 3 rings (SSSR count). The fourth-order valence-corrected chi connectivity index (χ4v) is 4.31. The molecule has 1 aliphatic rings. The van der Waals surface area contributed by atoms with Gasteiger partial charge in [0.2, 0.25) is 16.0 Å². The first-order valence-electron chi connectivity index (χ1n) is 7.98. The van der Waals surface area contributed by atoms with E-state index in [1.54, 1.807) is 0 Å². The first-order chi connectivity index (χ1) is 12.6. The van der Waals surface area contributed by atoms with Gasteiger partial charge in [-0.2, -0.15) is 0 Å². The second kappa shape index (κ2) is 6.76. The molecular weight excluding hydrogens is 378 g/mol. The topological polar surface area (TPSA) is 95.4 Å². The zero-order valence-electron chi connectivity index (χ0n) is 14.7. The minimum Gasteiger partial charge on any atom is -0.471 e. The molecule has 1 aliphatic heterocycles. The van der Waals surface area contributed by atoms with E-state index in [0.717, 1.165) is 4.31 Å². The molecule has 0 aliphatic carbocycles. The molecule has 27 heavy (non-hydrogen) atoms. The van der Waals surface area contributed by atoms with Crippen molar-refractivity contribution in [2.24, 2.45) is 0 Å². The van der Waals surface area contributed by atoms with Crippen LogP contribution in [0.2, 0.25) is 0 Å². The number of nitrogens with zero attached hydrogens (tertiary/aromatic N) is 2. The zero-order valence-corrected chi connectivity index (χ0v) is 15.5. The molecule has 7 nitrogen and oxygen atoms in total. The first kappa shape index (κ1) is 19.0.